The molecule has 2 aliphatic carbocycles. The summed E-state index contributed by atoms with van der Waals surface area (Å²) in [6, 6.07) is 0.294. The van der Waals surface area contributed by atoms with Crippen LogP contribution in [0.1, 0.15) is 36.2 Å². The van der Waals surface area contributed by atoms with Crippen molar-refractivity contribution in [1.82, 2.24) is 14.9 Å². The summed E-state index contributed by atoms with van der Waals surface area (Å²) >= 11 is 0. The molecule has 0 amide bonds. The number of aromatic nitrogens is 2. The molecule has 0 bridgehead atoms. The number of fused-ring (bicyclic) bond motifs is 2. The molecule has 0 radical (unpaired) electrons. The SMILES string of the molecule is Cc1nc(N2C[C@H]3C[C@@H](N4CCOCC4)[C@H](O)C[C@H]3C2)nc2c1CCC2. The van der Waals surface area contributed by atoms with Gasteiger partial charge in [0.15, 0.2) is 0 Å². The van der Waals surface area contributed by atoms with Gasteiger partial charge in [0.1, 0.15) is 0 Å². The topological polar surface area (TPSA) is 61.7 Å². The van der Waals surface area contributed by atoms with Crippen LogP contribution in [-0.4, -0.2) is 71.5 Å². The molecule has 6 heteroatoms. The molecule has 26 heavy (non-hydrogen) atoms. The van der Waals surface area contributed by atoms with Gasteiger partial charge in [-0.25, -0.2) is 9.97 Å². The van der Waals surface area contributed by atoms with E-state index in [4.69, 9.17) is 14.7 Å². The van der Waals surface area contributed by atoms with Crippen LogP contribution in [0.25, 0.3) is 0 Å². The summed E-state index contributed by atoms with van der Waals surface area (Å²) in [7, 11) is 0. The number of hydrogen-bond acceptors (Lipinski definition) is 6. The van der Waals surface area contributed by atoms with Crippen LogP contribution in [0.15, 0.2) is 0 Å². The van der Waals surface area contributed by atoms with E-state index < -0.39 is 0 Å². The van der Waals surface area contributed by atoms with E-state index >= 15 is 0 Å². The molecule has 142 valence electrons. The first-order chi connectivity index (χ1) is 12.7. The van der Waals surface area contributed by atoms with E-state index in [-0.39, 0.29) is 6.10 Å². The Morgan fingerprint density at radius 3 is 2.62 bits per heavy atom. The fraction of sp³-hybridized carbons (Fsp3) is 0.800. The van der Waals surface area contributed by atoms with Crippen molar-refractivity contribution >= 4 is 5.95 Å². The van der Waals surface area contributed by atoms with Gasteiger partial charge in [-0.15, -0.1) is 0 Å². The summed E-state index contributed by atoms with van der Waals surface area (Å²) < 4.78 is 5.49. The first-order valence-corrected chi connectivity index (χ1v) is 10.3. The number of aliphatic hydroxyl groups excluding tert-OH is 1. The molecule has 4 aliphatic rings. The monoisotopic (exact) mass is 358 g/mol. The summed E-state index contributed by atoms with van der Waals surface area (Å²) in [5.41, 5.74) is 3.82. The van der Waals surface area contributed by atoms with E-state index in [0.29, 0.717) is 17.9 Å². The third kappa shape index (κ3) is 2.92. The second-order valence-corrected chi connectivity index (χ2v) is 8.57. The Morgan fingerprint density at radius 1 is 1.04 bits per heavy atom. The van der Waals surface area contributed by atoms with Crippen molar-refractivity contribution in [1.29, 1.82) is 0 Å². The van der Waals surface area contributed by atoms with Crippen molar-refractivity contribution < 1.29 is 9.84 Å². The van der Waals surface area contributed by atoms with Crippen LogP contribution < -0.4 is 4.90 Å². The van der Waals surface area contributed by atoms with E-state index in [9.17, 15) is 5.11 Å². The van der Waals surface area contributed by atoms with Crippen molar-refractivity contribution in [2.45, 2.75) is 51.2 Å². The Labute approximate surface area is 155 Å². The van der Waals surface area contributed by atoms with Crippen molar-refractivity contribution in [3.63, 3.8) is 0 Å². The second-order valence-electron chi connectivity index (χ2n) is 8.57. The van der Waals surface area contributed by atoms with Gasteiger partial charge < -0.3 is 14.7 Å². The maximum Gasteiger partial charge on any atom is 0.225 e. The molecule has 1 N–H and O–H groups in total. The fourth-order valence-electron chi connectivity index (χ4n) is 5.62. The highest BCUT2D eigenvalue weighted by atomic mass is 16.5. The van der Waals surface area contributed by atoms with Crippen LogP contribution in [0.2, 0.25) is 0 Å². The molecule has 2 saturated heterocycles. The van der Waals surface area contributed by atoms with Gasteiger partial charge in [-0.05, 0) is 56.4 Å². The molecule has 0 spiro atoms. The zero-order valence-electron chi connectivity index (χ0n) is 15.7. The lowest BCUT2D eigenvalue weighted by Gasteiger charge is -2.43. The van der Waals surface area contributed by atoms with E-state index in [1.807, 2.05) is 0 Å². The molecule has 3 heterocycles. The van der Waals surface area contributed by atoms with Gasteiger partial charge in [0.05, 0.1) is 19.3 Å². The summed E-state index contributed by atoms with van der Waals surface area (Å²) in [6.45, 7) is 7.67. The molecular formula is C20H30N4O2. The van der Waals surface area contributed by atoms with Crippen LogP contribution in [0.5, 0.6) is 0 Å². The Kier molecular flexibility index (Phi) is 4.38. The second kappa shape index (κ2) is 6.73. The maximum absolute atomic E-state index is 10.8. The fourth-order valence-corrected chi connectivity index (χ4v) is 5.62. The van der Waals surface area contributed by atoms with Gasteiger partial charge >= 0.3 is 0 Å². The Morgan fingerprint density at radius 2 is 1.81 bits per heavy atom. The lowest BCUT2D eigenvalue weighted by molar-refractivity contribution is -0.0520. The minimum Gasteiger partial charge on any atom is -0.391 e. The smallest absolute Gasteiger partial charge is 0.225 e. The number of anilines is 1. The molecule has 0 unspecified atom stereocenters. The maximum atomic E-state index is 10.8. The van der Waals surface area contributed by atoms with E-state index in [2.05, 4.69) is 16.7 Å². The van der Waals surface area contributed by atoms with E-state index in [0.717, 1.165) is 71.0 Å². The highest BCUT2D eigenvalue weighted by molar-refractivity contribution is 5.40. The van der Waals surface area contributed by atoms with E-state index in [1.165, 1.54) is 23.4 Å². The Balaban J connectivity index is 1.31. The van der Waals surface area contributed by atoms with Crippen LogP contribution in [-0.2, 0) is 17.6 Å². The highest BCUT2D eigenvalue weighted by Crippen LogP contribution is 2.39. The Bertz CT molecular complexity index is 676. The predicted octanol–water partition coefficient (Wildman–Crippen LogP) is 1.18. The molecule has 0 aromatic carbocycles. The average Bonchev–Trinajstić information content (AvgIpc) is 3.28. The zero-order chi connectivity index (χ0) is 17.7. The largest absolute Gasteiger partial charge is 0.391 e. The quantitative estimate of drug-likeness (QED) is 0.857. The van der Waals surface area contributed by atoms with Crippen LogP contribution in [0, 0.1) is 18.8 Å². The number of rotatable bonds is 2. The number of aryl methyl sites for hydroxylation is 2. The predicted molar refractivity (Wildman–Crippen MR) is 99.4 cm³/mol. The first kappa shape index (κ1) is 16.9. The van der Waals surface area contributed by atoms with Gasteiger partial charge in [0, 0.05) is 43.6 Å². The van der Waals surface area contributed by atoms with Gasteiger partial charge in [0.2, 0.25) is 5.95 Å². The third-order valence-corrected chi connectivity index (χ3v) is 7.03. The number of morpholine rings is 1. The Hall–Kier alpha value is -1.24. The van der Waals surface area contributed by atoms with Gasteiger partial charge in [-0.1, -0.05) is 0 Å². The van der Waals surface area contributed by atoms with Crippen LogP contribution >= 0.6 is 0 Å². The number of ether oxygens (including phenoxy) is 1. The van der Waals surface area contributed by atoms with Gasteiger partial charge in [-0.2, -0.15) is 0 Å². The molecule has 2 aliphatic heterocycles. The first-order valence-electron chi connectivity index (χ1n) is 10.3. The summed E-state index contributed by atoms with van der Waals surface area (Å²) in [6.07, 6.45) is 5.24. The van der Waals surface area contributed by atoms with Crippen molar-refractivity contribution in [2.75, 3.05) is 44.3 Å². The molecule has 1 aromatic rings. The summed E-state index contributed by atoms with van der Waals surface area (Å²) in [5.74, 6) is 2.14. The molecular weight excluding hydrogens is 328 g/mol. The van der Waals surface area contributed by atoms with Crippen molar-refractivity contribution in [3.05, 3.63) is 17.0 Å². The van der Waals surface area contributed by atoms with Crippen LogP contribution in [0.4, 0.5) is 5.95 Å². The molecule has 6 nitrogen and oxygen atoms in total. The average molecular weight is 358 g/mol. The minimum absolute atomic E-state index is 0.211. The summed E-state index contributed by atoms with van der Waals surface area (Å²) in [4.78, 5) is 14.6. The van der Waals surface area contributed by atoms with Gasteiger partial charge in [-0.3, -0.25) is 4.90 Å². The number of nitrogens with zero attached hydrogens (tertiary/aromatic N) is 4. The highest BCUT2D eigenvalue weighted by Gasteiger charge is 2.44. The molecule has 3 fully saturated rings. The summed E-state index contributed by atoms with van der Waals surface area (Å²) in [5, 5.41) is 10.8. The van der Waals surface area contributed by atoms with Crippen molar-refractivity contribution in [2.24, 2.45) is 11.8 Å². The third-order valence-electron chi connectivity index (χ3n) is 7.03. The number of aliphatic hydroxyl groups is 1. The van der Waals surface area contributed by atoms with Crippen LogP contribution in [0.3, 0.4) is 0 Å². The lowest BCUT2D eigenvalue weighted by Crippen LogP contribution is -2.53. The molecule has 1 saturated carbocycles. The molecule has 4 atom stereocenters. The molecule has 1 aromatic heterocycles. The standard InChI is InChI=1S/C20H30N4O2/c1-13-16-3-2-4-17(16)22-20(21-13)24-11-14-9-18(19(25)10-15(14)12-24)23-5-7-26-8-6-23/h14-15,18-19,25H,2-12H2,1H3/t14-,15+,18-,19-/m1/s1. The normalized spacial score (nSPS) is 34.8. The lowest BCUT2D eigenvalue weighted by atomic mass is 9.77. The van der Waals surface area contributed by atoms with Crippen molar-refractivity contribution in [3.8, 4) is 0 Å². The van der Waals surface area contributed by atoms with Gasteiger partial charge in [0.25, 0.3) is 0 Å². The molecule has 5 rings (SSSR count). The minimum atomic E-state index is -0.211. The number of hydrogen-bond donors (Lipinski definition) is 1. The zero-order valence-corrected chi connectivity index (χ0v) is 15.7. The van der Waals surface area contributed by atoms with E-state index in [1.54, 1.807) is 0 Å².